The van der Waals surface area contributed by atoms with Gasteiger partial charge >= 0.3 is 0 Å². The molecule has 94 valence electrons. The second-order valence-electron chi connectivity index (χ2n) is 5.29. The van der Waals surface area contributed by atoms with Crippen molar-refractivity contribution in [2.24, 2.45) is 17.8 Å². The highest BCUT2D eigenvalue weighted by atomic mass is 16.5. The van der Waals surface area contributed by atoms with Crippen molar-refractivity contribution in [3.63, 3.8) is 0 Å². The van der Waals surface area contributed by atoms with Crippen molar-refractivity contribution in [1.82, 2.24) is 10.6 Å². The molecule has 2 N–H and O–H groups in total. The maximum absolute atomic E-state index is 4.98. The van der Waals surface area contributed by atoms with Crippen molar-refractivity contribution in [3.8, 4) is 0 Å². The van der Waals surface area contributed by atoms with Crippen LogP contribution in [0.1, 0.15) is 25.7 Å². The first-order chi connectivity index (χ1) is 7.92. The maximum atomic E-state index is 4.98. The number of nitrogens with one attached hydrogen (secondary N) is 2. The first-order valence-corrected chi connectivity index (χ1v) is 6.82. The molecule has 0 spiro atoms. The first-order valence-electron chi connectivity index (χ1n) is 6.82. The molecule has 0 bridgehead atoms. The van der Waals surface area contributed by atoms with E-state index in [4.69, 9.17) is 4.74 Å². The minimum Gasteiger partial charge on any atom is -0.383 e. The predicted octanol–water partition coefficient (Wildman–Crippen LogP) is 1.25. The lowest BCUT2D eigenvalue weighted by Gasteiger charge is -2.16. The molecule has 0 aromatic heterocycles. The molecule has 2 saturated carbocycles. The molecular weight excluding hydrogens is 200 g/mol. The molecule has 2 aliphatic carbocycles. The van der Waals surface area contributed by atoms with Crippen LogP contribution < -0.4 is 10.6 Å². The van der Waals surface area contributed by atoms with Gasteiger partial charge in [0.05, 0.1) is 6.61 Å². The van der Waals surface area contributed by atoms with Crippen LogP contribution >= 0.6 is 0 Å². The summed E-state index contributed by atoms with van der Waals surface area (Å²) in [5.74, 6) is 3.14. The van der Waals surface area contributed by atoms with E-state index >= 15 is 0 Å². The van der Waals surface area contributed by atoms with Crippen LogP contribution in [-0.4, -0.2) is 39.9 Å². The molecule has 2 aliphatic rings. The third-order valence-corrected chi connectivity index (χ3v) is 3.80. The van der Waals surface area contributed by atoms with Gasteiger partial charge in [-0.15, -0.1) is 0 Å². The fourth-order valence-electron chi connectivity index (χ4n) is 2.51. The van der Waals surface area contributed by atoms with Gasteiger partial charge in [-0.25, -0.2) is 0 Å². The van der Waals surface area contributed by atoms with Gasteiger partial charge in [-0.05, 0) is 50.0 Å². The highest BCUT2D eigenvalue weighted by Crippen LogP contribution is 2.48. The van der Waals surface area contributed by atoms with Crippen molar-refractivity contribution in [1.29, 1.82) is 0 Å². The van der Waals surface area contributed by atoms with Crippen LogP contribution in [0.15, 0.2) is 0 Å². The topological polar surface area (TPSA) is 33.3 Å². The molecule has 3 heteroatoms. The maximum Gasteiger partial charge on any atom is 0.0587 e. The van der Waals surface area contributed by atoms with E-state index in [0.717, 1.165) is 44.0 Å². The van der Waals surface area contributed by atoms with Gasteiger partial charge in [0, 0.05) is 26.7 Å². The van der Waals surface area contributed by atoms with Crippen LogP contribution in [0.25, 0.3) is 0 Å². The van der Waals surface area contributed by atoms with Crippen LogP contribution in [0.4, 0.5) is 0 Å². The summed E-state index contributed by atoms with van der Waals surface area (Å²) in [4.78, 5) is 0. The molecule has 0 heterocycles. The van der Waals surface area contributed by atoms with Gasteiger partial charge in [0.15, 0.2) is 0 Å². The first kappa shape index (κ1) is 12.3. The fourth-order valence-corrected chi connectivity index (χ4v) is 2.51. The van der Waals surface area contributed by atoms with E-state index in [1.807, 2.05) is 0 Å². The second kappa shape index (κ2) is 6.58. The Balaban J connectivity index is 1.44. The molecule has 0 aromatic rings. The monoisotopic (exact) mass is 226 g/mol. The van der Waals surface area contributed by atoms with E-state index in [0.29, 0.717) is 0 Å². The predicted molar refractivity (Wildman–Crippen MR) is 66.6 cm³/mol. The van der Waals surface area contributed by atoms with Crippen molar-refractivity contribution < 1.29 is 4.74 Å². The Bertz CT molecular complexity index is 178. The van der Waals surface area contributed by atoms with E-state index in [1.54, 1.807) is 7.11 Å². The number of methoxy groups -OCH3 is 1. The van der Waals surface area contributed by atoms with Gasteiger partial charge in [-0.3, -0.25) is 0 Å². The lowest BCUT2D eigenvalue weighted by Crippen LogP contribution is -2.33. The van der Waals surface area contributed by atoms with E-state index in [1.165, 1.54) is 32.2 Å². The largest absolute Gasteiger partial charge is 0.383 e. The molecule has 0 unspecified atom stereocenters. The van der Waals surface area contributed by atoms with E-state index in [9.17, 15) is 0 Å². The molecule has 0 radical (unpaired) electrons. The zero-order valence-electron chi connectivity index (χ0n) is 10.5. The van der Waals surface area contributed by atoms with Gasteiger partial charge in [-0.1, -0.05) is 0 Å². The van der Waals surface area contributed by atoms with Crippen LogP contribution in [0, 0.1) is 17.8 Å². The smallest absolute Gasteiger partial charge is 0.0587 e. The molecular formula is C13H26N2O. The Morgan fingerprint density at radius 3 is 2.19 bits per heavy atom. The molecule has 0 aliphatic heterocycles. The van der Waals surface area contributed by atoms with Crippen molar-refractivity contribution >= 4 is 0 Å². The van der Waals surface area contributed by atoms with E-state index in [2.05, 4.69) is 10.6 Å². The molecule has 2 fully saturated rings. The summed E-state index contributed by atoms with van der Waals surface area (Å²) in [6.07, 6.45) is 5.98. The number of rotatable bonds is 10. The average Bonchev–Trinajstić information content (AvgIpc) is 3.16. The standard InChI is InChI=1S/C13H26N2O/c1-16-9-8-14-6-7-15-10-13(11-2-3-11)12-4-5-12/h11-15H,2-10H2,1H3. The van der Waals surface area contributed by atoms with Gasteiger partial charge in [-0.2, -0.15) is 0 Å². The lowest BCUT2D eigenvalue weighted by atomic mass is 9.98. The van der Waals surface area contributed by atoms with E-state index in [-0.39, 0.29) is 0 Å². The zero-order valence-corrected chi connectivity index (χ0v) is 10.5. The van der Waals surface area contributed by atoms with Crippen molar-refractivity contribution in [2.45, 2.75) is 25.7 Å². The Kier molecular flexibility index (Phi) is 5.07. The normalized spacial score (nSPS) is 20.6. The van der Waals surface area contributed by atoms with Crippen LogP contribution in [0.5, 0.6) is 0 Å². The van der Waals surface area contributed by atoms with Crippen LogP contribution in [0.3, 0.4) is 0 Å². The molecule has 3 nitrogen and oxygen atoms in total. The lowest BCUT2D eigenvalue weighted by molar-refractivity contribution is 0.199. The van der Waals surface area contributed by atoms with Gasteiger partial charge in [0.25, 0.3) is 0 Å². The summed E-state index contributed by atoms with van der Waals surface area (Å²) < 4.78 is 4.98. The van der Waals surface area contributed by atoms with Gasteiger partial charge < -0.3 is 15.4 Å². The molecule has 0 aromatic carbocycles. The van der Waals surface area contributed by atoms with Gasteiger partial charge in [0.1, 0.15) is 0 Å². The molecule has 0 atom stereocenters. The number of ether oxygens (including phenoxy) is 1. The Hall–Kier alpha value is -0.120. The van der Waals surface area contributed by atoms with Gasteiger partial charge in [0.2, 0.25) is 0 Å². The van der Waals surface area contributed by atoms with Crippen LogP contribution in [-0.2, 0) is 4.74 Å². The molecule has 16 heavy (non-hydrogen) atoms. The zero-order chi connectivity index (χ0) is 11.2. The summed E-state index contributed by atoms with van der Waals surface area (Å²) in [6.45, 7) is 5.19. The minimum absolute atomic E-state index is 0.812. The molecule has 0 saturated heterocycles. The summed E-state index contributed by atoms with van der Waals surface area (Å²) in [5, 5.41) is 6.96. The Morgan fingerprint density at radius 2 is 1.62 bits per heavy atom. The summed E-state index contributed by atoms with van der Waals surface area (Å²) >= 11 is 0. The van der Waals surface area contributed by atoms with Crippen molar-refractivity contribution in [2.75, 3.05) is 39.9 Å². The summed E-state index contributed by atoms with van der Waals surface area (Å²) in [6, 6.07) is 0. The summed E-state index contributed by atoms with van der Waals surface area (Å²) in [5.41, 5.74) is 0. The number of hydrogen-bond acceptors (Lipinski definition) is 3. The fraction of sp³-hybridized carbons (Fsp3) is 1.00. The van der Waals surface area contributed by atoms with Crippen LogP contribution in [0.2, 0.25) is 0 Å². The highest BCUT2D eigenvalue weighted by Gasteiger charge is 2.40. The Morgan fingerprint density at radius 1 is 1.00 bits per heavy atom. The minimum atomic E-state index is 0.812. The number of hydrogen-bond donors (Lipinski definition) is 2. The molecule has 0 amide bonds. The summed E-state index contributed by atoms with van der Waals surface area (Å²) in [7, 11) is 1.75. The average molecular weight is 226 g/mol. The van der Waals surface area contributed by atoms with E-state index < -0.39 is 0 Å². The quantitative estimate of drug-likeness (QED) is 0.550. The third kappa shape index (κ3) is 4.40. The highest BCUT2D eigenvalue weighted by molar-refractivity contribution is 4.92. The third-order valence-electron chi connectivity index (χ3n) is 3.80. The molecule has 2 rings (SSSR count). The Labute approximate surface area is 99.3 Å². The van der Waals surface area contributed by atoms with Crippen molar-refractivity contribution in [3.05, 3.63) is 0 Å². The second-order valence-corrected chi connectivity index (χ2v) is 5.29. The SMILES string of the molecule is COCCNCCNCC(C1CC1)C1CC1.